The van der Waals surface area contributed by atoms with E-state index >= 15 is 0 Å². The summed E-state index contributed by atoms with van der Waals surface area (Å²) in [6, 6.07) is 7.66. The Hall–Kier alpha value is -1.79. The Morgan fingerprint density at radius 1 is 1.17 bits per heavy atom. The van der Waals surface area contributed by atoms with Crippen LogP contribution in [0.1, 0.15) is 24.8 Å². The highest BCUT2D eigenvalue weighted by atomic mass is 16.6. The molecule has 3 unspecified atom stereocenters. The minimum absolute atomic E-state index is 0.115. The number of rotatable bonds is 4. The molecule has 1 saturated carbocycles. The van der Waals surface area contributed by atoms with E-state index in [1.165, 1.54) is 0 Å². The van der Waals surface area contributed by atoms with Gasteiger partial charge in [0, 0.05) is 12.6 Å². The van der Waals surface area contributed by atoms with Crippen molar-refractivity contribution in [1.82, 2.24) is 10.6 Å². The largest absolute Gasteiger partial charge is 0.497 e. The monoisotopic (exact) mass is 320 g/mol. The Labute approximate surface area is 136 Å². The zero-order valence-electron chi connectivity index (χ0n) is 13.4. The van der Waals surface area contributed by atoms with Gasteiger partial charge in [0.1, 0.15) is 5.75 Å². The quantitative estimate of drug-likeness (QED) is 0.888. The summed E-state index contributed by atoms with van der Waals surface area (Å²) in [5.74, 6) is 0.810. The number of amides is 2. The van der Waals surface area contributed by atoms with Crippen molar-refractivity contribution in [2.45, 2.75) is 44.1 Å². The van der Waals surface area contributed by atoms with Crippen LogP contribution in [0.2, 0.25) is 0 Å². The predicted molar refractivity (Wildman–Crippen MR) is 85.5 cm³/mol. The molecule has 6 nitrogen and oxygen atoms in total. The van der Waals surface area contributed by atoms with Gasteiger partial charge in [0.15, 0.2) is 0 Å². The van der Waals surface area contributed by atoms with Crippen LogP contribution in [0.3, 0.4) is 0 Å². The average molecular weight is 320 g/mol. The number of urea groups is 1. The van der Waals surface area contributed by atoms with Gasteiger partial charge in [-0.15, -0.1) is 0 Å². The number of methoxy groups -OCH3 is 1. The van der Waals surface area contributed by atoms with Crippen LogP contribution in [0, 0.1) is 0 Å². The molecule has 1 aromatic rings. The molecule has 1 heterocycles. The lowest BCUT2D eigenvalue weighted by Crippen LogP contribution is -2.51. The smallest absolute Gasteiger partial charge is 0.315 e. The van der Waals surface area contributed by atoms with Gasteiger partial charge in [-0.3, -0.25) is 0 Å². The Bertz CT molecular complexity index is 520. The average Bonchev–Trinajstić information content (AvgIpc) is 2.60. The molecule has 126 valence electrons. The van der Waals surface area contributed by atoms with E-state index in [1.54, 1.807) is 7.11 Å². The van der Waals surface area contributed by atoms with E-state index in [0.29, 0.717) is 19.8 Å². The summed E-state index contributed by atoms with van der Waals surface area (Å²) in [5.41, 5.74) is 1.04. The van der Waals surface area contributed by atoms with Gasteiger partial charge in [0.05, 0.1) is 32.5 Å². The maximum Gasteiger partial charge on any atom is 0.315 e. The maximum atomic E-state index is 12.0. The molecule has 2 amide bonds. The Kier molecular flexibility index (Phi) is 5.35. The van der Waals surface area contributed by atoms with Crippen molar-refractivity contribution >= 4 is 6.03 Å². The zero-order valence-corrected chi connectivity index (χ0v) is 13.4. The second-order valence-corrected chi connectivity index (χ2v) is 6.00. The van der Waals surface area contributed by atoms with Crippen molar-refractivity contribution in [3.8, 4) is 5.75 Å². The van der Waals surface area contributed by atoms with Crippen LogP contribution < -0.4 is 15.4 Å². The van der Waals surface area contributed by atoms with Crippen molar-refractivity contribution in [1.29, 1.82) is 0 Å². The van der Waals surface area contributed by atoms with E-state index in [1.807, 2.05) is 24.3 Å². The van der Waals surface area contributed by atoms with E-state index in [9.17, 15) is 4.79 Å². The van der Waals surface area contributed by atoms with Gasteiger partial charge in [0.25, 0.3) is 0 Å². The lowest BCUT2D eigenvalue weighted by atomic mass is 9.90. The first-order valence-corrected chi connectivity index (χ1v) is 8.15. The Balaban J connectivity index is 1.42. The summed E-state index contributed by atoms with van der Waals surface area (Å²) in [4.78, 5) is 12.0. The molecule has 3 atom stereocenters. The first-order chi connectivity index (χ1) is 11.2. The number of hydrogen-bond acceptors (Lipinski definition) is 4. The van der Waals surface area contributed by atoms with Gasteiger partial charge < -0.3 is 24.8 Å². The minimum atomic E-state index is -0.138. The zero-order chi connectivity index (χ0) is 16.1. The van der Waals surface area contributed by atoms with Gasteiger partial charge in [0.2, 0.25) is 0 Å². The summed E-state index contributed by atoms with van der Waals surface area (Å²) < 4.78 is 16.5. The summed E-state index contributed by atoms with van der Waals surface area (Å²) in [6.45, 7) is 1.83. The summed E-state index contributed by atoms with van der Waals surface area (Å²) in [5, 5.41) is 5.93. The van der Waals surface area contributed by atoms with Crippen LogP contribution in [0.4, 0.5) is 4.79 Å². The van der Waals surface area contributed by atoms with Crippen LogP contribution in [0.15, 0.2) is 24.3 Å². The van der Waals surface area contributed by atoms with Gasteiger partial charge in [-0.1, -0.05) is 12.1 Å². The lowest BCUT2D eigenvalue weighted by Gasteiger charge is -2.39. The second kappa shape index (κ2) is 7.66. The third-order valence-electron chi connectivity index (χ3n) is 4.43. The van der Waals surface area contributed by atoms with Crippen molar-refractivity contribution in [2.24, 2.45) is 0 Å². The summed E-state index contributed by atoms with van der Waals surface area (Å²) in [7, 11) is 1.64. The van der Waals surface area contributed by atoms with Gasteiger partial charge in [-0.25, -0.2) is 4.79 Å². The molecule has 23 heavy (non-hydrogen) atoms. The fraction of sp³-hybridized carbons (Fsp3) is 0.588. The van der Waals surface area contributed by atoms with Crippen LogP contribution in [-0.4, -0.2) is 44.6 Å². The van der Waals surface area contributed by atoms with E-state index in [0.717, 1.165) is 30.6 Å². The van der Waals surface area contributed by atoms with E-state index in [4.69, 9.17) is 14.2 Å². The number of carbonyl (C=O) groups is 1. The number of carbonyl (C=O) groups excluding carboxylic acids is 1. The molecule has 2 N–H and O–H groups in total. The summed E-state index contributed by atoms with van der Waals surface area (Å²) in [6.07, 6.45) is 3.00. The predicted octanol–water partition coefficient (Wildman–Crippen LogP) is 1.83. The molecule has 1 aliphatic carbocycles. The molecular formula is C17H24N2O4. The van der Waals surface area contributed by atoms with Crippen molar-refractivity contribution < 1.29 is 19.0 Å². The highest BCUT2D eigenvalue weighted by Gasteiger charge is 2.34. The third kappa shape index (κ3) is 4.36. The molecule has 0 bridgehead atoms. The summed E-state index contributed by atoms with van der Waals surface area (Å²) >= 11 is 0. The molecule has 1 aliphatic heterocycles. The maximum absolute atomic E-state index is 12.0. The normalized spacial score (nSPS) is 26.9. The highest BCUT2D eigenvalue weighted by molar-refractivity contribution is 5.74. The van der Waals surface area contributed by atoms with E-state index in [-0.39, 0.29) is 24.3 Å². The van der Waals surface area contributed by atoms with E-state index in [2.05, 4.69) is 10.6 Å². The Morgan fingerprint density at radius 3 is 2.65 bits per heavy atom. The standard InChI is InChI=1S/C17H24N2O4/c1-21-14-5-2-12(3-6-14)11-18-17(20)19-13-4-7-15-16(10-13)23-9-8-22-15/h2-3,5-6,13,15-16H,4,7-11H2,1H3,(H2,18,19,20). The topological polar surface area (TPSA) is 68.8 Å². The van der Waals surface area contributed by atoms with Crippen molar-refractivity contribution in [3.05, 3.63) is 29.8 Å². The SMILES string of the molecule is COc1ccc(CNC(=O)NC2CCC3OCCOC3C2)cc1. The fourth-order valence-electron chi connectivity index (χ4n) is 3.16. The molecule has 1 saturated heterocycles. The van der Waals surface area contributed by atoms with Crippen LogP contribution in [0.5, 0.6) is 5.75 Å². The number of hydrogen-bond donors (Lipinski definition) is 2. The Morgan fingerprint density at radius 2 is 1.91 bits per heavy atom. The van der Waals surface area contributed by atoms with Gasteiger partial charge in [-0.2, -0.15) is 0 Å². The van der Waals surface area contributed by atoms with Crippen LogP contribution in [0.25, 0.3) is 0 Å². The highest BCUT2D eigenvalue weighted by Crippen LogP contribution is 2.26. The first-order valence-electron chi connectivity index (χ1n) is 8.15. The third-order valence-corrected chi connectivity index (χ3v) is 4.43. The molecule has 0 radical (unpaired) electrons. The number of fused-ring (bicyclic) bond motifs is 1. The van der Waals surface area contributed by atoms with Gasteiger partial charge >= 0.3 is 6.03 Å². The molecule has 1 aromatic carbocycles. The lowest BCUT2D eigenvalue weighted by molar-refractivity contribution is -0.157. The fourth-order valence-corrected chi connectivity index (χ4v) is 3.16. The number of nitrogens with one attached hydrogen (secondary N) is 2. The first kappa shape index (κ1) is 16.1. The molecule has 2 fully saturated rings. The van der Waals surface area contributed by atoms with E-state index < -0.39 is 0 Å². The molecular weight excluding hydrogens is 296 g/mol. The molecule has 6 heteroatoms. The van der Waals surface area contributed by atoms with Crippen molar-refractivity contribution in [3.63, 3.8) is 0 Å². The molecule has 0 aromatic heterocycles. The molecule has 0 spiro atoms. The van der Waals surface area contributed by atoms with Crippen LogP contribution >= 0.6 is 0 Å². The number of benzene rings is 1. The van der Waals surface area contributed by atoms with Gasteiger partial charge in [-0.05, 0) is 37.0 Å². The number of ether oxygens (including phenoxy) is 3. The molecule has 3 rings (SSSR count). The minimum Gasteiger partial charge on any atom is -0.497 e. The molecule has 2 aliphatic rings. The van der Waals surface area contributed by atoms with Crippen molar-refractivity contribution in [2.75, 3.05) is 20.3 Å². The van der Waals surface area contributed by atoms with Crippen LogP contribution in [-0.2, 0) is 16.0 Å². The second-order valence-electron chi connectivity index (χ2n) is 6.00.